The van der Waals surface area contributed by atoms with Gasteiger partial charge in [-0.3, -0.25) is 9.29 Å². The van der Waals surface area contributed by atoms with Gasteiger partial charge in [0.1, 0.15) is 0 Å². The number of hydrogen-bond donors (Lipinski definition) is 2. The summed E-state index contributed by atoms with van der Waals surface area (Å²) in [6, 6.07) is 4.41. The van der Waals surface area contributed by atoms with Crippen LogP contribution < -0.4 is 15.2 Å². The smallest absolute Gasteiger partial charge is 0.408 e. The topological polar surface area (TPSA) is 93.3 Å². The first kappa shape index (κ1) is 13.6. The lowest BCUT2D eigenvalue weighted by Crippen LogP contribution is -2.35. The second-order valence-corrected chi connectivity index (χ2v) is 5.93. The maximum Gasteiger partial charge on any atom is 0.419 e. The van der Waals surface area contributed by atoms with Crippen LogP contribution in [0.1, 0.15) is 13.8 Å². The van der Waals surface area contributed by atoms with Gasteiger partial charge in [0.25, 0.3) is 10.2 Å². The molecule has 104 valence electrons. The summed E-state index contributed by atoms with van der Waals surface area (Å²) < 4.78 is 34.5. The van der Waals surface area contributed by atoms with Crippen LogP contribution in [0.15, 0.2) is 27.4 Å². The third-order valence-electron chi connectivity index (χ3n) is 2.43. The van der Waals surface area contributed by atoms with Crippen LogP contribution in [0.25, 0.3) is 11.1 Å². The largest absolute Gasteiger partial charge is 0.419 e. The predicted molar refractivity (Wildman–Crippen MR) is 72.3 cm³/mol. The maximum absolute atomic E-state index is 11.7. The highest BCUT2D eigenvalue weighted by Crippen LogP contribution is 2.18. The number of aryl methyl sites for hydroxylation is 1. The summed E-state index contributed by atoms with van der Waals surface area (Å²) in [6.45, 7) is 3.45. The molecule has 2 rings (SSSR count). The first-order valence-corrected chi connectivity index (χ1v) is 7.16. The third-order valence-corrected chi connectivity index (χ3v) is 3.72. The van der Waals surface area contributed by atoms with E-state index in [4.69, 9.17) is 4.42 Å². The van der Waals surface area contributed by atoms with Crippen molar-refractivity contribution in [3.8, 4) is 0 Å². The molecule has 1 aromatic carbocycles. The van der Waals surface area contributed by atoms with Crippen LogP contribution in [0.3, 0.4) is 0 Å². The number of rotatable bonds is 4. The van der Waals surface area contributed by atoms with Gasteiger partial charge in [-0.2, -0.15) is 13.1 Å². The monoisotopic (exact) mass is 285 g/mol. The lowest BCUT2D eigenvalue weighted by Gasteiger charge is -2.11. The van der Waals surface area contributed by atoms with E-state index in [1.165, 1.54) is 10.6 Å². The molecule has 0 aliphatic rings. The van der Waals surface area contributed by atoms with E-state index in [-0.39, 0.29) is 6.04 Å². The summed E-state index contributed by atoms with van der Waals surface area (Å²) in [7, 11) is -2.07. The van der Waals surface area contributed by atoms with E-state index in [1.807, 2.05) is 0 Å². The molecule has 0 spiro atoms. The van der Waals surface area contributed by atoms with Gasteiger partial charge in [0, 0.05) is 13.1 Å². The van der Waals surface area contributed by atoms with Crippen molar-refractivity contribution in [3.05, 3.63) is 28.7 Å². The quantitative estimate of drug-likeness (QED) is 0.868. The van der Waals surface area contributed by atoms with E-state index >= 15 is 0 Å². The summed E-state index contributed by atoms with van der Waals surface area (Å²) in [5, 5.41) is 0. The summed E-state index contributed by atoms with van der Waals surface area (Å²) in [5.41, 5.74) is 1.29. The number of hydrogen-bond acceptors (Lipinski definition) is 4. The summed E-state index contributed by atoms with van der Waals surface area (Å²) in [5.74, 6) is -0.490. The van der Waals surface area contributed by atoms with Gasteiger partial charge in [-0.1, -0.05) is 0 Å². The molecule has 1 aromatic heterocycles. The maximum atomic E-state index is 11.7. The molecular formula is C11H15N3O4S. The van der Waals surface area contributed by atoms with Crippen molar-refractivity contribution in [2.24, 2.45) is 7.05 Å². The highest BCUT2D eigenvalue weighted by Gasteiger charge is 2.13. The Hall–Kier alpha value is -1.80. The van der Waals surface area contributed by atoms with E-state index in [1.54, 1.807) is 33.0 Å². The van der Waals surface area contributed by atoms with E-state index in [2.05, 4.69) is 9.44 Å². The Morgan fingerprint density at radius 3 is 2.63 bits per heavy atom. The van der Waals surface area contributed by atoms with Gasteiger partial charge >= 0.3 is 5.76 Å². The molecule has 0 unspecified atom stereocenters. The van der Waals surface area contributed by atoms with Crippen LogP contribution in [-0.2, 0) is 17.3 Å². The first-order valence-electron chi connectivity index (χ1n) is 5.68. The Labute approximate surface area is 110 Å². The molecule has 0 saturated heterocycles. The molecule has 7 nitrogen and oxygen atoms in total. The number of nitrogens with one attached hydrogen (secondary N) is 2. The SMILES string of the molecule is CC(C)NS(=O)(=O)Nc1ccc2oc(=O)n(C)c2c1. The third kappa shape index (κ3) is 2.96. The fraction of sp³-hybridized carbons (Fsp3) is 0.364. The van der Waals surface area contributed by atoms with Gasteiger partial charge in [0.05, 0.1) is 11.2 Å². The number of nitrogens with zero attached hydrogens (tertiary/aromatic N) is 1. The van der Waals surface area contributed by atoms with Crippen molar-refractivity contribution in [2.75, 3.05) is 4.72 Å². The lowest BCUT2D eigenvalue weighted by molar-refractivity contribution is 0.528. The molecule has 0 aliphatic carbocycles. The Morgan fingerprint density at radius 1 is 1.32 bits per heavy atom. The minimum Gasteiger partial charge on any atom is -0.408 e. The molecular weight excluding hydrogens is 270 g/mol. The molecule has 0 amide bonds. The fourth-order valence-electron chi connectivity index (χ4n) is 1.69. The van der Waals surface area contributed by atoms with E-state index in [9.17, 15) is 13.2 Å². The van der Waals surface area contributed by atoms with Crippen LogP contribution >= 0.6 is 0 Å². The van der Waals surface area contributed by atoms with Gasteiger partial charge in [-0.05, 0) is 32.0 Å². The van der Waals surface area contributed by atoms with Gasteiger partial charge in [0.15, 0.2) is 5.58 Å². The van der Waals surface area contributed by atoms with Gasteiger partial charge < -0.3 is 4.42 Å². The van der Waals surface area contributed by atoms with Crippen LogP contribution in [0.5, 0.6) is 0 Å². The van der Waals surface area contributed by atoms with Crippen molar-refractivity contribution >= 4 is 27.0 Å². The molecule has 0 bridgehead atoms. The molecule has 0 radical (unpaired) electrons. The molecule has 2 aromatic rings. The number of benzene rings is 1. The Kier molecular flexibility index (Phi) is 3.38. The Balaban J connectivity index is 2.37. The van der Waals surface area contributed by atoms with Crippen LogP contribution in [0, 0.1) is 0 Å². The molecule has 0 fully saturated rings. The van der Waals surface area contributed by atoms with E-state index < -0.39 is 16.0 Å². The number of aromatic nitrogens is 1. The normalized spacial score (nSPS) is 12.2. The molecule has 1 heterocycles. The Morgan fingerprint density at radius 2 is 2.00 bits per heavy atom. The fourth-order valence-corrected chi connectivity index (χ4v) is 2.80. The Bertz CT molecular complexity index is 758. The predicted octanol–water partition coefficient (Wildman–Crippen LogP) is 0.786. The minimum atomic E-state index is -3.63. The zero-order valence-electron chi connectivity index (χ0n) is 10.8. The number of fused-ring (bicyclic) bond motifs is 1. The average molecular weight is 285 g/mol. The number of oxazole rings is 1. The standard InChI is InChI=1S/C11H15N3O4S/c1-7(2)12-19(16,17)13-8-4-5-10-9(6-8)14(3)11(15)18-10/h4-7,12-13H,1-3H3. The van der Waals surface area contributed by atoms with Crippen LogP contribution in [0.2, 0.25) is 0 Å². The van der Waals surface area contributed by atoms with Gasteiger partial charge in [-0.15, -0.1) is 0 Å². The summed E-state index contributed by atoms with van der Waals surface area (Å²) in [6.07, 6.45) is 0. The van der Waals surface area contributed by atoms with E-state index in [0.717, 1.165) is 0 Å². The molecule has 19 heavy (non-hydrogen) atoms. The second-order valence-electron chi connectivity index (χ2n) is 4.49. The van der Waals surface area contributed by atoms with Crippen LogP contribution in [-0.4, -0.2) is 19.0 Å². The zero-order chi connectivity index (χ0) is 14.2. The van der Waals surface area contributed by atoms with E-state index in [0.29, 0.717) is 16.8 Å². The zero-order valence-corrected chi connectivity index (χ0v) is 11.6. The summed E-state index contributed by atoms with van der Waals surface area (Å²) >= 11 is 0. The van der Waals surface area contributed by atoms with Gasteiger partial charge in [-0.25, -0.2) is 4.79 Å². The minimum absolute atomic E-state index is 0.209. The van der Waals surface area contributed by atoms with Crippen molar-refractivity contribution in [3.63, 3.8) is 0 Å². The van der Waals surface area contributed by atoms with Crippen molar-refractivity contribution < 1.29 is 12.8 Å². The van der Waals surface area contributed by atoms with Crippen molar-refractivity contribution in [1.82, 2.24) is 9.29 Å². The average Bonchev–Trinajstić information content (AvgIpc) is 2.53. The first-order chi connectivity index (χ1) is 8.78. The molecule has 0 aliphatic heterocycles. The molecule has 0 saturated carbocycles. The molecule has 2 N–H and O–H groups in total. The highest BCUT2D eigenvalue weighted by molar-refractivity contribution is 7.90. The number of anilines is 1. The molecule has 0 atom stereocenters. The van der Waals surface area contributed by atoms with Crippen LogP contribution in [0.4, 0.5) is 5.69 Å². The second kappa shape index (κ2) is 4.71. The lowest BCUT2D eigenvalue weighted by atomic mass is 10.3. The van der Waals surface area contributed by atoms with Crippen molar-refractivity contribution in [1.29, 1.82) is 0 Å². The van der Waals surface area contributed by atoms with Crippen molar-refractivity contribution in [2.45, 2.75) is 19.9 Å². The van der Waals surface area contributed by atoms with Gasteiger partial charge in [0.2, 0.25) is 0 Å². The highest BCUT2D eigenvalue weighted by atomic mass is 32.2. The molecule has 8 heteroatoms. The summed E-state index contributed by atoms with van der Waals surface area (Å²) in [4.78, 5) is 11.3.